The van der Waals surface area contributed by atoms with E-state index in [9.17, 15) is 9.90 Å². The second kappa shape index (κ2) is 16.1. The average molecular weight is 504 g/mol. The Morgan fingerprint density at radius 1 is 0.703 bits per heavy atom. The molecule has 0 atom stereocenters. The predicted molar refractivity (Wildman–Crippen MR) is 154 cm³/mol. The molecule has 3 rings (SSSR count). The topological polar surface area (TPSA) is 59.4 Å². The molecule has 0 radical (unpaired) electrons. The number of aryl methyl sites for hydroxylation is 2. The molecule has 0 unspecified atom stereocenters. The predicted octanol–water partition coefficient (Wildman–Crippen LogP) is 9.32. The molecule has 1 N–H and O–H groups in total. The quantitative estimate of drug-likeness (QED) is 0.176. The van der Waals surface area contributed by atoms with Crippen molar-refractivity contribution in [2.45, 2.75) is 110 Å². The van der Waals surface area contributed by atoms with Crippen LogP contribution in [0, 0.1) is 0 Å². The van der Waals surface area contributed by atoms with Crippen molar-refractivity contribution in [3.8, 4) is 5.75 Å². The molecule has 0 aliphatic heterocycles. The largest absolute Gasteiger partial charge is 0.488 e. The normalized spacial score (nSPS) is 11.2. The van der Waals surface area contributed by atoms with Gasteiger partial charge in [0.25, 0.3) is 0 Å². The Morgan fingerprint density at radius 3 is 1.92 bits per heavy atom. The number of benzene rings is 2. The second-order valence-corrected chi connectivity index (χ2v) is 10.3. The number of fused-ring (bicyclic) bond motifs is 1. The summed E-state index contributed by atoms with van der Waals surface area (Å²) in [5.74, 6) is -0.465. The van der Waals surface area contributed by atoms with Gasteiger partial charge >= 0.3 is 5.97 Å². The molecule has 0 amide bonds. The molecule has 1 aromatic heterocycles. The van der Waals surface area contributed by atoms with Gasteiger partial charge in [0.15, 0.2) is 5.69 Å². The van der Waals surface area contributed by atoms with Gasteiger partial charge in [-0.1, -0.05) is 108 Å². The lowest BCUT2D eigenvalue weighted by Crippen LogP contribution is -2.04. The van der Waals surface area contributed by atoms with Crippen molar-refractivity contribution in [1.82, 2.24) is 4.98 Å². The zero-order valence-corrected chi connectivity index (χ0v) is 22.9. The molecule has 4 heteroatoms. The van der Waals surface area contributed by atoms with Crippen LogP contribution in [0.1, 0.15) is 118 Å². The van der Waals surface area contributed by atoms with Gasteiger partial charge in [-0.05, 0) is 54.5 Å². The summed E-state index contributed by atoms with van der Waals surface area (Å²) in [5, 5.41) is 10.4. The van der Waals surface area contributed by atoms with E-state index in [0.29, 0.717) is 17.9 Å². The summed E-state index contributed by atoms with van der Waals surface area (Å²) in [5.41, 5.74) is 4.33. The number of carboxylic acid groups (broad SMARTS) is 1. The van der Waals surface area contributed by atoms with Crippen molar-refractivity contribution >= 4 is 16.9 Å². The van der Waals surface area contributed by atoms with Crippen LogP contribution in [-0.2, 0) is 19.4 Å². The Labute approximate surface area is 223 Å². The lowest BCUT2D eigenvalue weighted by Gasteiger charge is -2.12. The Bertz CT molecular complexity index is 1090. The molecular formula is C33H45NO3. The van der Waals surface area contributed by atoms with Crippen molar-refractivity contribution in [2.75, 3.05) is 0 Å². The molecule has 1 heterocycles. The maximum Gasteiger partial charge on any atom is 0.354 e. The molecule has 37 heavy (non-hydrogen) atoms. The standard InChI is InChI=1S/C33H45NO3/c1-3-5-7-8-9-10-11-12-13-14-16-26-17-19-28(20-18-26)25-37-32-24-31(33(35)36)34-30-22-21-27(15-6-4-2)23-29(30)32/h17-24H,3-16,25H2,1-2H3,(H,35,36). The second-order valence-electron chi connectivity index (χ2n) is 10.3. The van der Waals surface area contributed by atoms with E-state index in [2.05, 4.69) is 49.2 Å². The molecule has 0 aliphatic carbocycles. The molecule has 0 spiro atoms. The number of aromatic nitrogens is 1. The van der Waals surface area contributed by atoms with Gasteiger partial charge in [-0.3, -0.25) is 0 Å². The maximum atomic E-state index is 11.6. The van der Waals surface area contributed by atoms with E-state index in [1.54, 1.807) is 6.07 Å². The van der Waals surface area contributed by atoms with Gasteiger partial charge in [-0.15, -0.1) is 0 Å². The van der Waals surface area contributed by atoms with Crippen LogP contribution in [0.2, 0.25) is 0 Å². The summed E-state index contributed by atoms with van der Waals surface area (Å²) in [6.45, 7) is 4.85. The molecule has 200 valence electrons. The van der Waals surface area contributed by atoms with Gasteiger partial charge in [0.2, 0.25) is 0 Å². The van der Waals surface area contributed by atoms with Crippen molar-refractivity contribution in [2.24, 2.45) is 0 Å². The number of rotatable bonds is 18. The third kappa shape index (κ3) is 9.83. The van der Waals surface area contributed by atoms with Crippen LogP contribution in [0.3, 0.4) is 0 Å². The molecule has 3 aromatic rings. The van der Waals surface area contributed by atoms with Crippen LogP contribution in [0.15, 0.2) is 48.5 Å². The number of ether oxygens (including phenoxy) is 1. The fourth-order valence-corrected chi connectivity index (χ4v) is 4.79. The molecule has 4 nitrogen and oxygen atoms in total. The van der Waals surface area contributed by atoms with Crippen LogP contribution >= 0.6 is 0 Å². The van der Waals surface area contributed by atoms with Gasteiger partial charge in [0.05, 0.1) is 5.52 Å². The summed E-state index contributed by atoms with van der Waals surface area (Å²) in [7, 11) is 0. The zero-order chi connectivity index (χ0) is 26.3. The fourth-order valence-electron chi connectivity index (χ4n) is 4.79. The number of unbranched alkanes of at least 4 members (excludes halogenated alkanes) is 10. The smallest absolute Gasteiger partial charge is 0.354 e. The summed E-state index contributed by atoms with van der Waals surface area (Å²) in [6, 6.07) is 16.2. The number of hydrogen-bond acceptors (Lipinski definition) is 3. The highest BCUT2D eigenvalue weighted by atomic mass is 16.5. The molecule has 0 aliphatic rings. The molecule has 0 saturated heterocycles. The van der Waals surface area contributed by atoms with Gasteiger partial charge in [0, 0.05) is 11.5 Å². The van der Waals surface area contributed by atoms with Crippen molar-refractivity contribution < 1.29 is 14.6 Å². The Balaban J connectivity index is 1.49. The molecule has 2 aromatic carbocycles. The van der Waals surface area contributed by atoms with Crippen molar-refractivity contribution in [1.29, 1.82) is 0 Å². The van der Waals surface area contributed by atoms with E-state index in [1.165, 1.54) is 75.3 Å². The van der Waals surface area contributed by atoms with E-state index >= 15 is 0 Å². The fraction of sp³-hybridized carbons (Fsp3) is 0.515. The minimum atomic E-state index is -1.04. The average Bonchev–Trinajstić information content (AvgIpc) is 2.92. The first-order valence-electron chi connectivity index (χ1n) is 14.5. The third-order valence-corrected chi connectivity index (χ3v) is 7.11. The summed E-state index contributed by atoms with van der Waals surface area (Å²) < 4.78 is 6.16. The van der Waals surface area contributed by atoms with E-state index in [0.717, 1.165) is 36.6 Å². The summed E-state index contributed by atoms with van der Waals surface area (Å²) >= 11 is 0. The van der Waals surface area contributed by atoms with E-state index in [-0.39, 0.29) is 5.69 Å². The lowest BCUT2D eigenvalue weighted by atomic mass is 10.0. The number of carboxylic acids is 1. The van der Waals surface area contributed by atoms with E-state index in [4.69, 9.17) is 4.74 Å². The minimum absolute atomic E-state index is 0.00986. The number of nitrogens with zero attached hydrogens (tertiary/aromatic N) is 1. The minimum Gasteiger partial charge on any atom is -0.488 e. The van der Waals surface area contributed by atoms with Crippen LogP contribution in [0.25, 0.3) is 10.9 Å². The summed E-state index contributed by atoms with van der Waals surface area (Å²) in [4.78, 5) is 15.9. The first-order valence-corrected chi connectivity index (χ1v) is 14.5. The highest BCUT2D eigenvalue weighted by Gasteiger charge is 2.13. The van der Waals surface area contributed by atoms with Crippen LogP contribution < -0.4 is 4.74 Å². The Hall–Kier alpha value is -2.88. The Morgan fingerprint density at radius 2 is 1.27 bits per heavy atom. The zero-order valence-electron chi connectivity index (χ0n) is 22.9. The number of hydrogen-bond donors (Lipinski definition) is 1. The molecular weight excluding hydrogens is 458 g/mol. The highest BCUT2D eigenvalue weighted by Crippen LogP contribution is 2.28. The van der Waals surface area contributed by atoms with Crippen LogP contribution in [-0.4, -0.2) is 16.1 Å². The van der Waals surface area contributed by atoms with Crippen LogP contribution in [0.4, 0.5) is 0 Å². The van der Waals surface area contributed by atoms with E-state index < -0.39 is 5.97 Å². The van der Waals surface area contributed by atoms with Gasteiger partial charge < -0.3 is 9.84 Å². The summed E-state index contributed by atoms with van der Waals surface area (Å²) in [6.07, 6.45) is 17.9. The first kappa shape index (κ1) is 28.7. The number of aromatic carboxylic acids is 1. The number of pyridine rings is 1. The van der Waals surface area contributed by atoms with Gasteiger partial charge in [-0.25, -0.2) is 9.78 Å². The first-order chi connectivity index (χ1) is 18.1. The van der Waals surface area contributed by atoms with E-state index in [1.807, 2.05) is 12.1 Å². The maximum absolute atomic E-state index is 11.6. The SMILES string of the molecule is CCCCCCCCCCCCc1ccc(COc2cc(C(=O)O)nc3ccc(CCCC)cc23)cc1. The van der Waals surface area contributed by atoms with Gasteiger partial charge in [-0.2, -0.15) is 0 Å². The molecule has 0 fully saturated rings. The third-order valence-electron chi connectivity index (χ3n) is 7.11. The highest BCUT2D eigenvalue weighted by molar-refractivity contribution is 5.93. The molecule has 0 saturated carbocycles. The number of carbonyl (C=O) groups is 1. The Kier molecular flexibility index (Phi) is 12.5. The monoisotopic (exact) mass is 503 g/mol. The molecule has 0 bridgehead atoms. The van der Waals surface area contributed by atoms with Gasteiger partial charge in [0.1, 0.15) is 12.4 Å². The lowest BCUT2D eigenvalue weighted by molar-refractivity contribution is 0.0690. The van der Waals surface area contributed by atoms with Crippen molar-refractivity contribution in [3.05, 3.63) is 70.9 Å². The van der Waals surface area contributed by atoms with Crippen molar-refractivity contribution in [3.63, 3.8) is 0 Å². The van der Waals surface area contributed by atoms with Crippen LogP contribution in [0.5, 0.6) is 5.75 Å².